The quantitative estimate of drug-likeness (QED) is 0.528. The number of para-hydroxylation sites is 1. The predicted octanol–water partition coefficient (Wildman–Crippen LogP) is 3.71. The minimum Gasteiger partial charge on any atom is -0.496 e. The summed E-state index contributed by atoms with van der Waals surface area (Å²) in [5.74, 6) is 1.07. The molecular weight excluding hydrogens is 284 g/mol. The highest BCUT2D eigenvalue weighted by Gasteiger charge is 2.19. The number of furan rings is 1. The molecule has 2 aromatic carbocycles. The lowest BCUT2D eigenvalue weighted by Crippen LogP contribution is -1.99. The molecular formula is C17H12O5. The summed E-state index contributed by atoms with van der Waals surface area (Å²) in [6.07, 6.45) is 0. The van der Waals surface area contributed by atoms with Gasteiger partial charge in [-0.3, -0.25) is 0 Å². The molecule has 0 unspecified atom stereocenters. The van der Waals surface area contributed by atoms with Crippen LogP contribution in [-0.4, -0.2) is 14.2 Å². The Hall–Kier alpha value is -2.95. The zero-order chi connectivity index (χ0) is 15.3. The maximum absolute atomic E-state index is 12.4. The monoisotopic (exact) mass is 296 g/mol. The third-order valence-electron chi connectivity index (χ3n) is 3.72. The van der Waals surface area contributed by atoms with E-state index in [4.69, 9.17) is 18.3 Å². The molecule has 0 fully saturated rings. The van der Waals surface area contributed by atoms with Gasteiger partial charge in [0.1, 0.15) is 33.4 Å². The third kappa shape index (κ3) is 1.62. The second-order valence-electron chi connectivity index (χ2n) is 4.89. The van der Waals surface area contributed by atoms with Gasteiger partial charge in [-0.25, -0.2) is 4.79 Å². The molecule has 0 spiro atoms. The summed E-state index contributed by atoms with van der Waals surface area (Å²) >= 11 is 0. The van der Waals surface area contributed by atoms with Crippen LogP contribution in [0.2, 0.25) is 0 Å². The summed E-state index contributed by atoms with van der Waals surface area (Å²) in [7, 11) is 3.09. The summed E-state index contributed by atoms with van der Waals surface area (Å²) in [5.41, 5.74) is 1.03. The van der Waals surface area contributed by atoms with E-state index in [9.17, 15) is 4.79 Å². The van der Waals surface area contributed by atoms with Crippen molar-refractivity contribution in [1.29, 1.82) is 0 Å². The second kappa shape index (κ2) is 4.53. The molecule has 2 heterocycles. The van der Waals surface area contributed by atoms with Crippen LogP contribution in [0.1, 0.15) is 0 Å². The molecule has 110 valence electrons. The first-order valence-corrected chi connectivity index (χ1v) is 6.73. The van der Waals surface area contributed by atoms with Crippen molar-refractivity contribution in [2.24, 2.45) is 0 Å². The van der Waals surface area contributed by atoms with Crippen LogP contribution in [0.15, 0.2) is 50.0 Å². The Morgan fingerprint density at radius 2 is 1.73 bits per heavy atom. The first-order chi connectivity index (χ1) is 10.7. The fraction of sp³-hybridized carbons (Fsp3) is 0.118. The average molecular weight is 296 g/mol. The molecule has 5 nitrogen and oxygen atoms in total. The summed E-state index contributed by atoms with van der Waals surface area (Å²) in [5, 5.41) is 1.77. The van der Waals surface area contributed by atoms with E-state index in [-0.39, 0.29) is 0 Å². The standard InChI is InChI=1S/C17H12O5/c1-19-9-7-12(20-2)15-13(8-9)22-17(18)14-10-5-3-4-6-11(10)21-16(14)15/h3-8H,1-2H3. The minimum absolute atomic E-state index is 0.368. The number of benzene rings is 2. The van der Waals surface area contributed by atoms with Crippen molar-refractivity contribution in [3.05, 3.63) is 46.8 Å². The van der Waals surface area contributed by atoms with Gasteiger partial charge in [-0.15, -0.1) is 0 Å². The Balaban J connectivity index is 2.30. The maximum Gasteiger partial charge on any atom is 0.348 e. The van der Waals surface area contributed by atoms with Gasteiger partial charge in [-0.05, 0) is 6.07 Å². The van der Waals surface area contributed by atoms with Gasteiger partial charge < -0.3 is 18.3 Å². The van der Waals surface area contributed by atoms with Crippen LogP contribution in [-0.2, 0) is 0 Å². The maximum atomic E-state index is 12.4. The van der Waals surface area contributed by atoms with E-state index in [2.05, 4.69) is 0 Å². The molecule has 0 N–H and O–H groups in total. The number of hydrogen-bond acceptors (Lipinski definition) is 5. The van der Waals surface area contributed by atoms with Crippen molar-refractivity contribution in [2.75, 3.05) is 14.2 Å². The Morgan fingerprint density at radius 3 is 2.50 bits per heavy atom. The SMILES string of the molecule is COc1cc(OC)c2c(c1)oc(=O)c1c3ccccc3oc21. The van der Waals surface area contributed by atoms with Crippen molar-refractivity contribution < 1.29 is 18.3 Å². The molecule has 0 saturated heterocycles. The second-order valence-corrected chi connectivity index (χ2v) is 4.89. The zero-order valence-corrected chi connectivity index (χ0v) is 12.0. The molecule has 22 heavy (non-hydrogen) atoms. The lowest BCUT2D eigenvalue weighted by molar-refractivity contribution is 0.396. The van der Waals surface area contributed by atoms with Gasteiger partial charge in [0.2, 0.25) is 0 Å². The predicted molar refractivity (Wildman–Crippen MR) is 82.9 cm³/mol. The summed E-state index contributed by atoms with van der Waals surface area (Å²) in [6, 6.07) is 10.7. The molecule has 0 aliphatic carbocycles. The molecule has 0 radical (unpaired) electrons. The number of ether oxygens (including phenoxy) is 2. The highest BCUT2D eigenvalue weighted by Crippen LogP contribution is 2.38. The normalized spacial score (nSPS) is 11.4. The molecule has 0 aliphatic heterocycles. The highest BCUT2D eigenvalue weighted by molar-refractivity contribution is 6.14. The van der Waals surface area contributed by atoms with Crippen molar-refractivity contribution in [2.45, 2.75) is 0 Å². The van der Waals surface area contributed by atoms with Gasteiger partial charge in [-0.2, -0.15) is 0 Å². The third-order valence-corrected chi connectivity index (χ3v) is 3.72. The molecule has 0 atom stereocenters. The fourth-order valence-corrected chi connectivity index (χ4v) is 2.72. The van der Waals surface area contributed by atoms with E-state index in [1.165, 1.54) is 0 Å². The van der Waals surface area contributed by atoms with Crippen LogP contribution in [0.5, 0.6) is 11.5 Å². The minimum atomic E-state index is -0.442. The van der Waals surface area contributed by atoms with Gasteiger partial charge in [0.25, 0.3) is 0 Å². The Bertz CT molecular complexity index is 1070. The first kappa shape index (κ1) is 12.8. The Morgan fingerprint density at radius 1 is 0.909 bits per heavy atom. The van der Waals surface area contributed by atoms with E-state index >= 15 is 0 Å². The number of fused-ring (bicyclic) bond motifs is 5. The van der Waals surface area contributed by atoms with Crippen LogP contribution >= 0.6 is 0 Å². The van der Waals surface area contributed by atoms with Crippen molar-refractivity contribution in [3.63, 3.8) is 0 Å². The fourth-order valence-electron chi connectivity index (χ4n) is 2.72. The molecule has 0 amide bonds. The van der Waals surface area contributed by atoms with Crippen molar-refractivity contribution in [3.8, 4) is 11.5 Å². The molecule has 0 bridgehead atoms. The van der Waals surface area contributed by atoms with Gasteiger partial charge in [0.15, 0.2) is 5.58 Å². The van der Waals surface area contributed by atoms with Crippen LogP contribution in [0.3, 0.4) is 0 Å². The largest absolute Gasteiger partial charge is 0.496 e. The van der Waals surface area contributed by atoms with E-state index in [0.717, 1.165) is 5.39 Å². The van der Waals surface area contributed by atoms with E-state index in [0.29, 0.717) is 39.0 Å². The van der Waals surface area contributed by atoms with Gasteiger partial charge in [-0.1, -0.05) is 18.2 Å². The molecule has 5 heteroatoms. The smallest absolute Gasteiger partial charge is 0.348 e. The van der Waals surface area contributed by atoms with Crippen LogP contribution < -0.4 is 15.1 Å². The molecule has 2 aromatic heterocycles. The molecule has 4 rings (SSSR count). The molecule has 0 saturated carbocycles. The number of rotatable bonds is 2. The summed E-state index contributed by atoms with van der Waals surface area (Å²) in [6.45, 7) is 0. The Kier molecular flexibility index (Phi) is 2.63. The van der Waals surface area contributed by atoms with Gasteiger partial charge in [0.05, 0.1) is 14.2 Å². The molecule has 0 aliphatic rings. The van der Waals surface area contributed by atoms with E-state index in [1.807, 2.05) is 24.3 Å². The van der Waals surface area contributed by atoms with Gasteiger partial charge >= 0.3 is 5.63 Å². The first-order valence-electron chi connectivity index (χ1n) is 6.73. The Labute approximate surface area is 124 Å². The molecule has 4 aromatic rings. The number of hydrogen-bond donors (Lipinski definition) is 0. The summed E-state index contributed by atoms with van der Waals surface area (Å²) < 4.78 is 21.9. The van der Waals surface area contributed by atoms with E-state index < -0.39 is 5.63 Å². The van der Waals surface area contributed by atoms with Crippen molar-refractivity contribution in [1.82, 2.24) is 0 Å². The highest BCUT2D eigenvalue weighted by atomic mass is 16.5. The van der Waals surface area contributed by atoms with Crippen LogP contribution in [0.4, 0.5) is 0 Å². The van der Waals surface area contributed by atoms with Gasteiger partial charge in [0, 0.05) is 17.5 Å². The van der Waals surface area contributed by atoms with Crippen LogP contribution in [0, 0.1) is 0 Å². The van der Waals surface area contributed by atoms with Crippen LogP contribution in [0.25, 0.3) is 32.9 Å². The lowest BCUT2D eigenvalue weighted by atomic mass is 10.1. The topological polar surface area (TPSA) is 61.8 Å². The number of methoxy groups -OCH3 is 2. The zero-order valence-electron chi connectivity index (χ0n) is 12.0. The lowest BCUT2D eigenvalue weighted by Gasteiger charge is -2.07. The summed E-state index contributed by atoms with van der Waals surface area (Å²) in [4.78, 5) is 12.4. The van der Waals surface area contributed by atoms with E-state index in [1.54, 1.807) is 26.4 Å². The average Bonchev–Trinajstić information content (AvgIpc) is 2.93. The van der Waals surface area contributed by atoms with Crippen molar-refractivity contribution >= 4 is 32.9 Å².